The van der Waals surface area contributed by atoms with Crippen molar-refractivity contribution in [1.82, 2.24) is 25.6 Å². The van der Waals surface area contributed by atoms with E-state index in [-0.39, 0.29) is 17.7 Å². The highest BCUT2D eigenvalue weighted by Crippen LogP contribution is 2.22. The summed E-state index contributed by atoms with van der Waals surface area (Å²) in [6, 6.07) is 5.65. The number of nitrogens with one attached hydrogen (secondary N) is 2. The van der Waals surface area contributed by atoms with Crippen LogP contribution in [0.25, 0.3) is 11.0 Å². The van der Waals surface area contributed by atoms with Gasteiger partial charge in [-0.3, -0.25) is 9.59 Å². The lowest BCUT2D eigenvalue weighted by atomic mass is 9.92. The molecule has 138 valence electrons. The molecule has 0 bridgehead atoms. The number of amides is 2. The van der Waals surface area contributed by atoms with Crippen LogP contribution >= 0.6 is 0 Å². The zero-order valence-electron chi connectivity index (χ0n) is 14.9. The minimum Gasteiger partial charge on any atom is -0.353 e. The fourth-order valence-corrected chi connectivity index (χ4v) is 4.10. The third-order valence-electron chi connectivity index (χ3n) is 5.59. The normalized spacial score (nSPS) is 21.7. The summed E-state index contributed by atoms with van der Waals surface area (Å²) in [4.78, 5) is 27.3. The molecular formula is C19H25N5O2. The summed E-state index contributed by atoms with van der Waals surface area (Å²) < 4.78 is 0. The summed E-state index contributed by atoms with van der Waals surface area (Å²) in [6.45, 7) is 1.19. The quantitative estimate of drug-likeness (QED) is 0.883. The van der Waals surface area contributed by atoms with Crippen molar-refractivity contribution in [2.45, 2.75) is 51.0 Å². The molecule has 1 aliphatic heterocycles. The van der Waals surface area contributed by atoms with E-state index < -0.39 is 0 Å². The molecule has 7 nitrogen and oxygen atoms in total. The van der Waals surface area contributed by atoms with E-state index in [4.69, 9.17) is 0 Å². The molecule has 0 spiro atoms. The van der Waals surface area contributed by atoms with Gasteiger partial charge in [0.1, 0.15) is 11.0 Å². The second kappa shape index (κ2) is 7.43. The maximum Gasteiger partial charge on any atom is 0.253 e. The maximum absolute atomic E-state index is 12.9. The molecule has 2 N–H and O–H groups in total. The molecule has 2 aliphatic rings. The van der Waals surface area contributed by atoms with Gasteiger partial charge in [0.05, 0.1) is 5.92 Å². The highest BCUT2D eigenvalue weighted by atomic mass is 16.2. The molecule has 2 aromatic rings. The largest absolute Gasteiger partial charge is 0.353 e. The molecule has 2 fully saturated rings. The van der Waals surface area contributed by atoms with Gasteiger partial charge in [-0.15, -0.1) is 0 Å². The van der Waals surface area contributed by atoms with Crippen LogP contribution < -0.4 is 5.32 Å². The van der Waals surface area contributed by atoms with Gasteiger partial charge in [-0.1, -0.05) is 19.3 Å². The Morgan fingerprint density at radius 3 is 2.69 bits per heavy atom. The van der Waals surface area contributed by atoms with Crippen LogP contribution in [0.3, 0.4) is 0 Å². The van der Waals surface area contributed by atoms with E-state index in [9.17, 15) is 9.59 Å². The molecular weight excluding hydrogens is 330 g/mol. The van der Waals surface area contributed by atoms with Crippen molar-refractivity contribution in [3.05, 3.63) is 23.8 Å². The summed E-state index contributed by atoms with van der Waals surface area (Å²) in [5.74, 6) is -0.0307. The van der Waals surface area contributed by atoms with Crippen molar-refractivity contribution in [3.8, 4) is 0 Å². The molecule has 0 unspecified atom stereocenters. The van der Waals surface area contributed by atoms with Gasteiger partial charge in [-0.25, -0.2) is 0 Å². The summed E-state index contributed by atoms with van der Waals surface area (Å²) >= 11 is 0. The van der Waals surface area contributed by atoms with E-state index in [1.807, 2.05) is 0 Å². The molecule has 1 saturated carbocycles. The Bertz CT molecular complexity index is 796. The first-order valence-electron chi connectivity index (χ1n) is 9.61. The van der Waals surface area contributed by atoms with Crippen LogP contribution in [0.5, 0.6) is 0 Å². The van der Waals surface area contributed by atoms with Gasteiger partial charge in [0.25, 0.3) is 5.91 Å². The first kappa shape index (κ1) is 17.0. The average molecular weight is 355 g/mol. The number of rotatable bonds is 3. The molecule has 1 saturated heterocycles. The summed E-state index contributed by atoms with van der Waals surface area (Å²) in [5, 5.41) is 13.8. The van der Waals surface area contributed by atoms with Crippen molar-refractivity contribution in [1.29, 1.82) is 0 Å². The Balaban J connectivity index is 1.40. The second-order valence-corrected chi connectivity index (χ2v) is 7.46. The third-order valence-corrected chi connectivity index (χ3v) is 5.59. The van der Waals surface area contributed by atoms with Gasteiger partial charge in [0.15, 0.2) is 0 Å². The lowest BCUT2D eigenvalue weighted by molar-refractivity contribution is -0.127. The Morgan fingerprint density at radius 1 is 1.04 bits per heavy atom. The van der Waals surface area contributed by atoms with Crippen molar-refractivity contribution in [2.75, 3.05) is 13.1 Å². The van der Waals surface area contributed by atoms with Gasteiger partial charge in [-0.2, -0.15) is 15.4 Å². The van der Waals surface area contributed by atoms with Gasteiger partial charge < -0.3 is 10.2 Å². The molecule has 2 heterocycles. The molecule has 7 heteroatoms. The van der Waals surface area contributed by atoms with Crippen molar-refractivity contribution in [3.63, 3.8) is 0 Å². The van der Waals surface area contributed by atoms with Gasteiger partial charge in [0, 0.05) is 24.7 Å². The van der Waals surface area contributed by atoms with Crippen LogP contribution in [0.1, 0.15) is 55.3 Å². The van der Waals surface area contributed by atoms with E-state index in [1.54, 1.807) is 23.1 Å². The molecule has 0 radical (unpaired) electrons. The number of hydrogen-bond donors (Lipinski definition) is 2. The first-order valence-corrected chi connectivity index (χ1v) is 9.61. The topological polar surface area (TPSA) is 91.0 Å². The Kier molecular flexibility index (Phi) is 4.86. The highest BCUT2D eigenvalue weighted by molar-refractivity contribution is 5.97. The summed E-state index contributed by atoms with van der Waals surface area (Å²) in [6.07, 6.45) is 7.55. The van der Waals surface area contributed by atoms with Crippen LogP contribution in [0, 0.1) is 5.92 Å². The van der Waals surface area contributed by atoms with E-state index >= 15 is 0 Å². The number of nitrogens with zero attached hydrogens (tertiary/aromatic N) is 3. The van der Waals surface area contributed by atoms with E-state index in [1.165, 1.54) is 19.3 Å². The molecule has 4 rings (SSSR count). The zero-order chi connectivity index (χ0) is 17.9. The fraction of sp³-hybridized carbons (Fsp3) is 0.579. The SMILES string of the molecule is O=C(NC1CCCCC1)[C@H]1CCCN(C(=O)c2ccc3n[nH]nc3c2)C1. The number of piperidine rings is 1. The lowest BCUT2D eigenvalue weighted by Gasteiger charge is -2.33. The molecule has 1 atom stereocenters. The maximum atomic E-state index is 12.9. The van der Waals surface area contributed by atoms with Crippen molar-refractivity contribution >= 4 is 22.8 Å². The molecule has 1 aliphatic carbocycles. The Labute approximate surface area is 152 Å². The standard InChI is InChI=1S/C19H25N5O2/c25-18(20-15-6-2-1-3-7-15)14-5-4-10-24(12-14)19(26)13-8-9-16-17(11-13)22-23-21-16/h8-9,11,14-15H,1-7,10,12H2,(H,20,25)(H,21,22,23)/t14-/m0/s1. The zero-order valence-corrected chi connectivity index (χ0v) is 14.9. The van der Waals surface area contributed by atoms with Crippen LogP contribution in [-0.4, -0.2) is 51.3 Å². The van der Waals surface area contributed by atoms with Crippen molar-refractivity contribution < 1.29 is 9.59 Å². The number of H-pyrrole nitrogens is 1. The van der Waals surface area contributed by atoms with Crippen molar-refractivity contribution in [2.24, 2.45) is 5.92 Å². The second-order valence-electron chi connectivity index (χ2n) is 7.46. The Hall–Kier alpha value is -2.44. The van der Waals surface area contributed by atoms with E-state index in [0.29, 0.717) is 30.2 Å². The van der Waals surface area contributed by atoms with Gasteiger partial charge in [0.2, 0.25) is 5.91 Å². The molecule has 1 aromatic heterocycles. The molecule has 26 heavy (non-hydrogen) atoms. The van der Waals surface area contributed by atoms with Crippen LogP contribution in [-0.2, 0) is 4.79 Å². The number of hydrogen-bond acceptors (Lipinski definition) is 4. The molecule has 2 amide bonds. The third kappa shape index (κ3) is 3.57. The molecule has 1 aromatic carbocycles. The minimum absolute atomic E-state index is 0.0370. The van der Waals surface area contributed by atoms with Gasteiger partial charge >= 0.3 is 0 Å². The number of fused-ring (bicyclic) bond motifs is 1. The predicted molar refractivity (Wildman–Crippen MR) is 97.5 cm³/mol. The monoisotopic (exact) mass is 355 g/mol. The highest BCUT2D eigenvalue weighted by Gasteiger charge is 2.30. The Morgan fingerprint density at radius 2 is 1.85 bits per heavy atom. The number of likely N-dealkylation sites (tertiary alicyclic amines) is 1. The predicted octanol–water partition coefficient (Wildman–Crippen LogP) is 2.26. The number of carbonyl (C=O) groups excluding carboxylic acids is 2. The summed E-state index contributed by atoms with van der Waals surface area (Å²) in [7, 11) is 0. The van der Waals surface area contributed by atoms with Crippen LogP contribution in [0.2, 0.25) is 0 Å². The van der Waals surface area contributed by atoms with Crippen LogP contribution in [0.15, 0.2) is 18.2 Å². The lowest BCUT2D eigenvalue weighted by Crippen LogP contribution is -2.47. The first-order chi connectivity index (χ1) is 12.7. The van der Waals surface area contributed by atoms with Gasteiger partial charge in [-0.05, 0) is 43.9 Å². The average Bonchev–Trinajstić information content (AvgIpc) is 3.16. The fourth-order valence-electron chi connectivity index (χ4n) is 4.10. The van der Waals surface area contributed by atoms with E-state index in [2.05, 4.69) is 20.7 Å². The minimum atomic E-state index is -0.106. The number of carbonyl (C=O) groups is 2. The number of aromatic nitrogens is 3. The van der Waals surface area contributed by atoms with E-state index in [0.717, 1.165) is 31.2 Å². The van der Waals surface area contributed by atoms with Crippen LogP contribution in [0.4, 0.5) is 0 Å². The summed E-state index contributed by atoms with van der Waals surface area (Å²) in [5.41, 5.74) is 2.02. The smallest absolute Gasteiger partial charge is 0.253 e. The number of aromatic amines is 1. The number of benzene rings is 1.